The van der Waals surface area contributed by atoms with Gasteiger partial charge in [-0.1, -0.05) is 11.0 Å². The number of rotatable bonds is 1. The van der Waals surface area contributed by atoms with Gasteiger partial charge in [0.05, 0.1) is 0 Å². The van der Waals surface area contributed by atoms with Crippen LogP contribution >= 0.6 is 0 Å². The highest BCUT2D eigenvalue weighted by Crippen LogP contribution is 2.06. The van der Waals surface area contributed by atoms with Crippen molar-refractivity contribution < 1.29 is 4.76 Å². The number of H-pyrrole nitrogens is 1. The standard InChI is InChI=1S/C9H7N3O3/c13-7-4-6-11(9(14)10-7)8-3-1-2-5-12(8)15/h1-4,6H,5H2/p+1. The Hall–Kier alpha value is -2.24. The zero-order valence-corrected chi connectivity index (χ0v) is 7.71. The molecule has 0 unspecified atom stereocenters. The molecule has 0 radical (unpaired) electrons. The zero-order chi connectivity index (χ0) is 10.8. The van der Waals surface area contributed by atoms with Crippen LogP contribution in [0.3, 0.4) is 0 Å². The van der Waals surface area contributed by atoms with Gasteiger partial charge in [-0.2, -0.15) is 0 Å². The second kappa shape index (κ2) is 3.49. The monoisotopic (exact) mass is 206 g/mol. The van der Waals surface area contributed by atoms with Crippen molar-refractivity contribution in [3.63, 3.8) is 0 Å². The van der Waals surface area contributed by atoms with Gasteiger partial charge >= 0.3 is 11.5 Å². The summed E-state index contributed by atoms with van der Waals surface area (Å²) in [6.45, 7) is 0.192. The minimum Gasteiger partial charge on any atom is -0.269 e. The van der Waals surface area contributed by atoms with Gasteiger partial charge in [-0.3, -0.25) is 9.78 Å². The van der Waals surface area contributed by atoms with Crippen molar-refractivity contribution in [2.24, 2.45) is 0 Å². The number of nitrogens with zero attached hydrogens (tertiary/aromatic N) is 2. The van der Waals surface area contributed by atoms with E-state index in [2.05, 4.69) is 4.98 Å². The summed E-state index contributed by atoms with van der Waals surface area (Å²) in [6.07, 6.45) is 6.14. The highest BCUT2D eigenvalue weighted by atomic mass is 16.3. The van der Waals surface area contributed by atoms with Crippen LogP contribution in [0.1, 0.15) is 0 Å². The lowest BCUT2D eigenvalue weighted by Gasteiger charge is -2.01. The zero-order valence-electron chi connectivity index (χ0n) is 7.71. The van der Waals surface area contributed by atoms with Crippen molar-refractivity contribution in [2.45, 2.75) is 0 Å². The van der Waals surface area contributed by atoms with Crippen molar-refractivity contribution in [3.8, 4) is 0 Å². The quantitative estimate of drug-likeness (QED) is 0.640. The summed E-state index contributed by atoms with van der Waals surface area (Å²) in [7, 11) is 0. The van der Waals surface area contributed by atoms with E-state index in [1.54, 1.807) is 12.2 Å². The summed E-state index contributed by atoms with van der Waals surface area (Å²) in [6, 6.07) is 1.19. The van der Waals surface area contributed by atoms with Gasteiger partial charge in [0.2, 0.25) is 0 Å². The average molecular weight is 206 g/mol. The van der Waals surface area contributed by atoms with Crippen molar-refractivity contribution in [3.05, 3.63) is 56.2 Å². The van der Waals surface area contributed by atoms with Crippen LogP contribution < -0.4 is 11.2 Å². The third kappa shape index (κ3) is 1.69. The van der Waals surface area contributed by atoms with Crippen LogP contribution in [0.5, 0.6) is 0 Å². The maximum absolute atomic E-state index is 11.4. The molecule has 0 amide bonds. The Morgan fingerprint density at radius 2 is 2.20 bits per heavy atom. The van der Waals surface area contributed by atoms with Crippen LogP contribution in [0.25, 0.3) is 5.82 Å². The molecule has 6 heteroatoms. The summed E-state index contributed by atoms with van der Waals surface area (Å²) in [4.78, 5) is 35.6. The lowest BCUT2D eigenvalue weighted by Crippen LogP contribution is -2.31. The molecule has 0 fully saturated rings. The minimum atomic E-state index is -0.620. The topological polar surface area (TPSA) is 74.9 Å². The maximum atomic E-state index is 11.4. The fourth-order valence-corrected chi connectivity index (χ4v) is 1.29. The normalized spacial score (nSPS) is 15.2. The van der Waals surface area contributed by atoms with E-state index in [0.29, 0.717) is 4.76 Å². The molecule has 1 aromatic rings. The largest absolute Gasteiger partial charge is 0.420 e. The molecule has 0 atom stereocenters. The fourth-order valence-electron chi connectivity index (χ4n) is 1.29. The second-order valence-electron chi connectivity index (χ2n) is 2.99. The lowest BCUT2D eigenvalue weighted by atomic mass is 10.3. The van der Waals surface area contributed by atoms with E-state index in [0.717, 1.165) is 4.57 Å². The Kier molecular flexibility index (Phi) is 2.17. The van der Waals surface area contributed by atoms with Gasteiger partial charge in [0, 0.05) is 12.1 Å². The molecule has 1 aliphatic rings. The van der Waals surface area contributed by atoms with Gasteiger partial charge in [0.1, 0.15) is 6.20 Å². The SMILES string of the molecule is O=c1ccn(C2=CC=CC[N+]2=O)c(=O)[nH]1. The Labute approximate surface area is 83.7 Å². The number of hydrogen-bond acceptors (Lipinski definition) is 3. The summed E-state index contributed by atoms with van der Waals surface area (Å²) in [5.74, 6) is 0.193. The van der Waals surface area contributed by atoms with Gasteiger partial charge in [0.25, 0.3) is 5.56 Å². The van der Waals surface area contributed by atoms with Crippen molar-refractivity contribution in [1.29, 1.82) is 0 Å². The van der Waals surface area contributed by atoms with Crippen LogP contribution in [-0.4, -0.2) is 20.9 Å². The highest BCUT2D eigenvalue weighted by molar-refractivity contribution is 5.40. The molecule has 76 valence electrons. The van der Waals surface area contributed by atoms with E-state index in [4.69, 9.17) is 0 Å². The first-order chi connectivity index (χ1) is 7.18. The molecule has 0 aromatic carbocycles. The molecule has 0 aliphatic carbocycles. The molecule has 0 saturated heterocycles. The molecule has 1 aliphatic heterocycles. The molecular formula is C9H8N3O3+. The van der Waals surface area contributed by atoms with E-state index in [-0.39, 0.29) is 12.4 Å². The summed E-state index contributed by atoms with van der Waals surface area (Å²) >= 11 is 0. The molecule has 2 rings (SSSR count). The van der Waals surface area contributed by atoms with E-state index in [1.807, 2.05) is 0 Å². The molecule has 1 N–H and O–H groups in total. The van der Waals surface area contributed by atoms with E-state index in [1.165, 1.54) is 18.3 Å². The van der Waals surface area contributed by atoms with Crippen molar-refractivity contribution >= 4 is 5.82 Å². The Balaban J connectivity index is 2.59. The molecule has 15 heavy (non-hydrogen) atoms. The van der Waals surface area contributed by atoms with E-state index >= 15 is 0 Å². The summed E-state index contributed by atoms with van der Waals surface area (Å²) in [5.41, 5.74) is -1.11. The first kappa shape index (κ1) is 9.32. The first-order valence-electron chi connectivity index (χ1n) is 4.32. The Morgan fingerprint density at radius 1 is 1.40 bits per heavy atom. The number of nitrogens with one attached hydrogen (secondary N) is 1. The second-order valence-corrected chi connectivity index (χ2v) is 2.99. The smallest absolute Gasteiger partial charge is 0.269 e. The third-order valence-electron chi connectivity index (χ3n) is 1.98. The van der Waals surface area contributed by atoms with Crippen LogP contribution in [0, 0.1) is 4.91 Å². The van der Waals surface area contributed by atoms with Gasteiger partial charge in [-0.25, -0.2) is 4.79 Å². The molecule has 0 saturated carbocycles. The van der Waals surface area contributed by atoms with Gasteiger partial charge < -0.3 is 0 Å². The number of aromatic amines is 1. The molecule has 2 heterocycles. The lowest BCUT2D eigenvalue weighted by molar-refractivity contribution is -0.451. The number of aromatic nitrogens is 2. The molecule has 0 spiro atoms. The van der Waals surface area contributed by atoms with Crippen LogP contribution in [-0.2, 0) is 0 Å². The van der Waals surface area contributed by atoms with Crippen LogP contribution in [0.15, 0.2) is 40.1 Å². The summed E-state index contributed by atoms with van der Waals surface area (Å²) in [5, 5.41) is 0. The van der Waals surface area contributed by atoms with E-state index in [9.17, 15) is 14.5 Å². The number of hydrogen-bond donors (Lipinski definition) is 1. The predicted molar refractivity (Wildman–Crippen MR) is 53.2 cm³/mol. The molecular weight excluding hydrogens is 198 g/mol. The minimum absolute atomic E-state index is 0.192. The first-order valence-corrected chi connectivity index (χ1v) is 4.32. The average Bonchev–Trinajstić information content (AvgIpc) is 2.20. The molecule has 6 nitrogen and oxygen atoms in total. The molecule has 0 bridgehead atoms. The maximum Gasteiger partial charge on any atom is 0.420 e. The van der Waals surface area contributed by atoms with Crippen LogP contribution in [0.4, 0.5) is 0 Å². The van der Waals surface area contributed by atoms with Gasteiger partial charge in [-0.05, 0) is 10.8 Å². The van der Waals surface area contributed by atoms with Crippen LogP contribution in [0.2, 0.25) is 0 Å². The predicted octanol–water partition coefficient (Wildman–Crippen LogP) is -0.316. The van der Waals surface area contributed by atoms with Crippen molar-refractivity contribution in [1.82, 2.24) is 9.55 Å². The Morgan fingerprint density at radius 3 is 2.87 bits per heavy atom. The Bertz CT molecular complexity index is 577. The number of allylic oxidation sites excluding steroid dienone is 2. The number of nitroso groups, excluding NO2 is 1. The summed E-state index contributed by atoms with van der Waals surface area (Å²) < 4.78 is 1.76. The van der Waals surface area contributed by atoms with Crippen molar-refractivity contribution in [2.75, 3.05) is 6.54 Å². The third-order valence-corrected chi connectivity index (χ3v) is 1.98. The van der Waals surface area contributed by atoms with E-state index < -0.39 is 11.2 Å². The van der Waals surface area contributed by atoms with Gasteiger partial charge in [-0.15, -0.1) is 4.57 Å². The fraction of sp³-hybridized carbons (Fsp3) is 0.111. The molecule has 1 aromatic heterocycles. The van der Waals surface area contributed by atoms with Gasteiger partial charge in [0.15, 0.2) is 6.54 Å². The highest BCUT2D eigenvalue weighted by Gasteiger charge is 2.20.